The molecular weight excluding hydrogens is 326 g/mol. The highest BCUT2D eigenvalue weighted by atomic mass is 19.2. The van der Waals surface area contributed by atoms with Gasteiger partial charge >= 0.3 is 0 Å². The molecule has 3 rings (SSSR count). The van der Waals surface area contributed by atoms with E-state index in [2.05, 4.69) is 4.90 Å². The van der Waals surface area contributed by atoms with Gasteiger partial charge in [-0.15, -0.1) is 0 Å². The summed E-state index contributed by atoms with van der Waals surface area (Å²) in [5.41, 5.74) is -0.840. The maximum absolute atomic E-state index is 13.4. The van der Waals surface area contributed by atoms with Crippen molar-refractivity contribution in [3.63, 3.8) is 0 Å². The van der Waals surface area contributed by atoms with Crippen LogP contribution < -0.4 is 0 Å². The number of carbonyl (C=O) groups is 1. The number of benzene rings is 1. The van der Waals surface area contributed by atoms with E-state index in [4.69, 9.17) is 0 Å². The van der Waals surface area contributed by atoms with E-state index in [0.717, 1.165) is 38.1 Å². The molecule has 0 bridgehead atoms. The minimum Gasteiger partial charge on any atom is -0.379 e. The topological polar surface area (TPSA) is 43.8 Å². The number of aliphatic hydroxyl groups is 1. The third kappa shape index (κ3) is 4.36. The summed E-state index contributed by atoms with van der Waals surface area (Å²) in [7, 11) is 0. The fourth-order valence-electron chi connectivity index (χ4n) is 3.89. The number of β-amino-alcohol motifs (C(OH)–C–C–N with tert-alkyl or cyclic N) is 1. The molecule has 0 radical (unpaired) electrons. The van der Waals surface area contributed by atoms with Crippen molar-refractivity contribution in [1.82, 2.24) is 9.80 Å². The van der Waals surface area contributed by atoms with Gasteiger partial charge in [-0.3, -0.25) is 9.69 Å². The van der Waals surface area contributed by atoms with Crippen LogP contribution in [0.3, 0.4) is 0 Å². The first kappa shape index (κ1) is 18.3. The van der Waals surface area contributed by atoms with Crippen LogP contribution in [0.25, 0.3) is 0 Å². The summed E-state index contributed by atoms with van der Waals surface area (Å²) in [4.78, 5) is 16.6. The molecule has 1 unspecified atom stereocenters. The van der Waals surface area contributed by atoms with Crippen LogP contribution in [0, 0.1) is 11.6 Å². The zero-order valence-corrected chi connectivity index (χ0v) is 14.5. The number of hydrogen-bond donors (Lipinski definition) is 1. The van der Waals surface area contributed by atoms with Crippen LogP contribution in [-0.2, 0) is 11.3 Å². The van der Waals surface area contributed by atoms with Crippen LogP contribution in [0.15, 0.2) is 18.2 Å². The van der Waals surface area contributed by atoms with E-state index in [-0.39, 0.29) is 12.5 Å². The normalized spacial score (nSPS) is 25.9. The van der Waals surface area contributed by atoms with Crippen LogP contribution in [0.2, 0.25) is 0 Å². The van der Waals surface area contributed by atoms with E-state index in [1.165, 1.54) is 18.9 Å². The van der Waals surface area contributed by atoms with Gasteiger partial charge in [0.15, 0.2) is 17.2 Å². The van der Waals surface area contributed by atoms with Crippen molar-refractivity contribution in [3.05, 3.63) is 35.4 Å². The first-order valence-corrected chi connectivity index (χ1v) is 9.16. The third-order valence-electron chi connectivity index (χ3n) is 5.25. The molecule has 1 aromatic rings. The minimum atomic E-state index is -1.37. The van der Waals surface area contributed by atoms with Gasteiger partial charge in [-0.05, 0) is 56.5 Å². The van der Waals surface area contributed by atoms with Crippen molar-refractivity contribution >= 4 is 5.91 Å². The van der Waals surface area contributed by atoms with Crippen LogP contribution in [0.5, 0.6) is 0 Å². The SMILES string of the molecule is O=C1N(Cc2ccc(F)c(F)c2)CCCC1(O)CN1CCCCCC1. The zero-order chi connectivity index (χ0) is 17.9. The number of nitrogens with zero attached hydrogens (tertiary/aromatic N) is 2. The molecule has 6 heteroatoms. The zero-order valence-electron chi connectivity index (χ0n) is 14.5. The van der Waals surface area contributed by atoms with E-state index in [0.29, 0.717) is 31.5 Å². The van der Waals surface area contributed by atoms with E-state index < -0.39 is 17.2 Å². The average molecular weight is 352 g/mol. The second-order valence-electron chi connectivity index (χ2n) is 7.30. The average Bonchev–Trinajstić information content (AvgIpc) is 2.84. The van der Waals surface area contributed by atoms with Gasteiger partial charge in [0.25, 0.3) is 5.91 Å². The van der Waals surface area contributed by atoms with Gasteiger partial charge in [0, 0.05) is 19.6 Å². The number of piperidine rings is 1. The quantitative estimate of drug-likeness (QED) is 0.906. The summed E-state index contributed by atoms with van der Waals surface area (Å²) in [6.45, 7) is 2.91. The van der Waals surface area contributed by atoms with Crippen LogP contribution >= 0.6 is 0 Å². The van der Waals surface area contributed by atoms with E-state index in [1.807, 2.05) is 0 Å². The molecule has 2 aliphatic heterocycles. The van der Waals surface area contributed by atoms with Crippen molar-refractivity contribution in [1.29, 1.82) is 0 Å². The fraction of sp³-hybridized carbons (Fsp3) is 0.632. The van der Waals surface area contributed by atoms with Gasteiger partial charge in [-0.1, -0.05) is 18.9 Å². The molecule has 0 spiro atoms. The van der Waals surface area contributed by atoms with Gasteiger partial charge in [-0.25, -0.2) is 8.78 Å². The van der Waals surface area contributed by atoms with Gasteiger partial charge in [0.05, 0.1) is 0 Å². The molecular formula is C19H26F2N2O2. The predicted octanol–water partition coefficient (Wildman–Crippen LogP) is 2.69. The Morgan fingerprint density at radius 1 is 1.00 bits per heavy atom. The standard InChI is InChI=1S/C19H26F2N2O2/c20-16-7-6-15(12-17(16)21)13-23-11-5-8-19(25,18(23)24)14-22-9-3-1-2-4-10-22/h6-7,12,25H,1-5,8-11,13-14H2. The molecule has 2 fully saturated rings. The number of rotatable bonds is 4. The number of likely N-dealkylation sites (tertiary alicyclic amines) is 2. The van der Waals surface area contributed by atoms with Crippen LogP contribution in [0.4, 0.5) is 8.78 Å². The first-order valence-electron chi connectivity index (χ1n) is 9.16. The molecule has 1 aromatic carbocycles. The predicted molar refractivity (Wildman–Crippen MR) is 90.9 cm³/mol. The van der Waals surface area contributed by atoms with Gasteiger partial charge in [0.2, 0.25) is 0 Å². The third-order valence-corrected chi connectivity index (χ3v) is 5.25. The van der Waals surface area contributed by atoms with Gasteiger partial charge in [-0.2, -0.15) is 0 Å². The summed E-state index contributed by atoms with van der Waals surface area (Å²) in [5.74, 6) is -2.11. The molecule has 4 nitrogen and oxygen atoms in total. The van der Waals surface area contributed by atoms with Crippen molar-refractivity contribution in [2.75, 3.05) is 26.2 Å². The van der Waals surface area contributed by atoms with Crippen molar-refractivity contribution in [2.24, 2.45) is 0 Å². The highest BCUT2D eigenvalue weighted by Gasteiger charge is 2.43. The summed E-state index contributed by atoms with van der Waals surface area (Å²) in [6, 6.07) is 3.67. The molecule has 2 heterocycles. The monoisotopic (exact) mass is 352 g/mol. The largest absolute Gasteiger partial charge is 0.379 e. The minimum absolute atomic E-state index is 0.193. The molecule has 0 saturated carbocycles. The fourth-order valence-corrected chi connectivity index (χ4v) is 3.89. The molecule has 0 aromatic heterocycles. The Labute approximate surface area is 147 Å². The Morgan fingerprint density at radius 2 is 1.72 bits per heavy atom. The number of carbonyl (C=O) groups excluding carboxylic acids is 1. The number of amides is 1. The molecule has 2 aliphatic rings. The van der Waals surface area contributed by atoms with E-state index >= 15 is 0 Å². The molecule has 0 aliphatic carbocycles. The molecule has 138 valence electrons. The Morgan fingerprint density at radius 3 is 2.40 bits per heavy atom. The van der Waals surface area contributed by atoms with Crippen molar-refractivity contribution in [2.45, 2.75) is 50.7 Å². The summed E-state index contributed by atoms with van der Waals surface area (Å²) >= 11 is 0. The number of halogens is 2. The molecule has 25 heavy (non-hydrogen) atoms. The highest BCUT2D eigenvalue weighted by molar-refractivity contribution is 5.86. The lowest BCUT2D eigenvalue weighted by Gasteiger charge is -2.40. The maximum atomic E-state index is 13.4. The molecule has 1 amide bonds. The van der Waals surface area contributed by atoms with E-state index in [1.54, 1.807) is 4.90 Å². The lowest BCUT2D eigenvalue weighted by Crippen LogP contribution is -2.58. The molecule has 1 atom stereocenters. The highest BCUT2D eigenvalue weighted by Crippen LogP contribution is 2.26. The Hall–Kier alpha value is -1.53. The van der Waals surface area contributed by atoms with Crippen molar-refractivity contribution in [3.8, 4) is 0 Å². The Bertz CT molecular complexity index is 617. The molecule has 2 saturated heterocycles. The van der Waals surface area contributed by atoms with Gasteiger partial charge in [0.1, 0.15) is 0 Å². The van der Waals surface area contributed by atoms with E-state index in [9.17, 15) is 18.7 Å². The van der Waals surface area contributed by atoms with Crippen LogP contribution in [0.1, 0.15) is 44.1 Å². The van der Waals surface area contributed by atoms with Gasteiger partial charge < -0.3 is 10.0 Å². The Balaban J connectivity index is 1.67. The van der Waals surface area contributed by atoms with Crippen LogP contribution in [-0.4, -0.2) is 52.6 Å². The summed E-state index contributed by atoms with van der Waals surface area (Å²) in [5, 5.41) is 11.0. The number of hydrogen-bond acceptors (Lipinski definition) is 3. The second kappa shape index (κ2) is 7.79. The Kier molecular flexibility index (Phi) is 5.69. The first-order chi connectivity index (χ1) is 12.0. The van der Waals surface area contributed by atoms with Crippen molar-refractivity contribution < 1.29 is 18.7 Å². The summed E-state index contributed by atoms with van der Waals surface area (Å²) < 4.78 is 26.5. The lowest BCUT2D eigenvalue weighted by atomic mass is 9.90. The molecule has 1 N–H and O–H groups in total. The summed E-state index contributed by atoms with van der Waals surface area (Å²) in [6.07, 6.45) is 5.76. The maximum Gasteiger partial charge on any atom is 0.256 e. The second-order valence-corrected chi connectivity index (χ2v) is 7.30. The lowest BCUT2D eigenvalue weighted by molar-refractivity contribution is -0.160. The smallest absolute Gasteiger partial charge is 0.256 e.